The minimum absolute atomic E-state index is 0.0103. The van der Waals surface area contributed by atoms with Crippen molar-refractivity contribution in [2.75, 3.05) is 4.90 Å². The zero-order valence-corrected chi connectivity index (χ0v) is 19.7. The zero-order chi connectivity index (χ0) is 25.3. The minimum atomic E-state index is -4.99. The van der Waals surface area contributed by atoms with Gasteiger partial charge < -0.3 is 9.84 Å². The van der Waals surface area contributed by atoms with E-state index in [1.165, 1.54) is 29.5 Å². The van der Waals surface area contributed by atoms with E-state index in [2.05, 4.69) is 4.74 Å². The van der Waals surface area contributed by atoms with Gasteiger partial charge in [0.05, 0.1) is 11.6 Å². The fourth-order valence-corrected chi connectivity index (χ4v) is 4.76. The summed E-state index contributed by atoms with van der Waals surface area (Å²) in [5, 5.41) is 14.6. The molecule has 1 unspecified atom stereocenters. The second-order valence-corrected chi connectivity index (χ2v) is 9.29. The lowest BCUT2D eigenvalue weighted by Gasteiger charge is -2.28. The number of anilines is 1. The number of aliphatic hydroxyl groups excluding tert-OH is 1. The summed E-state index contributed by atoms with van der Waals surface area (Å²) in [5.74, 6) is -2.81. The Hall–Kier alpha value is -3.59. The van der Waals surface area contributed by atoms with E-state index in [0.29, 0.717) is 5.69 Å². The molecule has 2 aromatic carbocycles. The number of carbonyl (C=O) groups excluding carboxylic acids is 2. The molecule has 0 saturated heterocycles. The predicted octanol–water partition coefficient (Wildman–Crippen LogP) is 6.83. The minimum Gasteiger partial charge on any atom is -0.503 e. The molecule has 9 heteroatoms. The van der Waals surface area contributed by atoms with Gasteiger partial charge in [0, 0.05) is 17.7 Å². The van der Waals surface area contributed by atoms with Crippen molar-refractivity contribution in [3.05, 3.63) is 82.3 Å². The zero-order valence-electron chi connectivity index (χ0n) is 18.9. The van der Waals surface area contributed by atoms with Gasteiger partial charge in [0.25, 0.3) is 5.91 Å². The molecule has 0 bridgehead atoms. The number of aliphatic hydroxyl groups is 1. The first-order chi connectivity index (χ1) is 16.6. The maximum atomic E-state index is 13.2. The maximum absolute atomic E-state index is 13.2. The van der Waals surface area contributed by atoms with Crippen LogP contribution in [0.4, 0.5) is 18.9 Å². The lowest BCUT2D eigenvalue weighted by atomic mass is 9.91. The van der Waals surface area contributed by atoms with E-state index >= 15 is 0 Å². The first kappa shape index (κ1) is 24.5. The number of Topliss-reactive ketones (excluding diaryl/α,β-unsaturated/α-hetero) is 1. The molecule has 1 atom stereocenters. The van der Waals surface area contributed by atoms with Crippen LogP contribution in [0.1, 0.15) is 31.9 Å². The molecule has 1 aliphatic rings. The first-order valence-electron chi connectivity index (χ1n) is 10.8. The number of amides is 1. The average molecular weight is 502 g/mol. The van der Waals surface area contributed by atoms with Gasteiger partial charge in [0.15, 0.2) is 11.5 Å². The number of hydrogen-bond donors (Lipinski definition) is 1. The van der Waals surface area contributed by atoms with Crippen LogP contribution < -0.4 is 9.64 Å². The number of halogens is 3. The molecule has 5 nitrogen and oxygen atoms in total. The average Bonchev–Trinajstić information content (AvgIpc) is 3.40. The molecule has 1 N–H and O–H groups in total. The normalized spacial score (nSPS) is 16.3. The largest absolute Gasteiger partial charge is 0.573 e. The molecule has 1 aliphatic heterocycles. The second kappa shape index (κ2) is 9.58. The van der Waals surface area contributed by atoms with E-state index < -0.39 is 35.6 Å². The highest BCUT2D eigenvalue weighted by atomic mass is 32.1. The Morgan fingerprint density at radius 3 is 2.37 bits per heavy atom. The lowest BCUT2D eigenvalue weighted by Crippen LogP contribution is -2.32. The Balaban J connectivity index is 1.84. The summed E-state index contributed by atoms with van der Waals surface area (Å²) >= 11 is 1.53. The SMILES string of the molecule is CC(C)CC(=O)C1=C(O)C(=O)N(c2ccc(-c3ccsc3)cc2)C1c1ccccc1OC(F)(F)F. The van der Waals surface area contributed by atoms with Crippen LogP contribution in [0.15, 0.2) is 76.7 Å². The number of para-hydroxylation sites is 1. The summed E-state index contributed by atoms with van der Waals surface area (Å²) in [6.45, 7) is 3.59. The van der Waals surface area contributed by atoms with Gasteiger partial charge in [0.2, 0.25) is 0 Å². The van der Waals surface area contributed by atoms with Gasteiger partial charge in [-0.1, -0.05) is 44.2 Å². The molecular weight excluding hydrogens is 479 g/mol. The molecule has 4 rings (SSSR count). The van der Waals surface area contributed by atoms with Gasteiger partial charge in [0.1, 0.15) is 5.75 Å². The smallest absolute Gasteiger partial charge is 0.503 e. The molecule has 0 spiro atoms. The Morgan fingerprint density at radius 1 is 1.09 bits per heavy atom. The number of thiophene rings is 1. The molecular formula is C26H22F3NO4S. The summed E-state index contributed by atoms with van der Waals surface area (Å²) < 4.78 is 43.7. The van der Waals surface area contributed by atoms with Crippen molar-refractivity contribution in [3.8, 4) is 16.9 Å². The van der Waals surface area contributed by atoms with Crippen LogP contribution in [0.3, 0.4) is 0 Å². The number of alkyl halides is 3. The number of nitrogens with zero attached hydrogens (tertiary/aromatic N) is 1. The van der Waals surface area contributed by atoms with E-state index in [9.17, 15) is 27.9 Å². The Kier molecular flexibility index (Phi) is 6.71. The highest BCUT2D eigenvalue weighted by Crippen LogP contribution is 2.45. The van der Waals surface area contributed by atoms with Crippen LogP contribution in [0.5, 0.6) is 5.75 Å². The highest BCUT2D eigenvalue weighted by molar-refractivity contribution is 7.08. The monoisotopic (exact) mass is 501 g/mol. The Bertz CT molecular complexity index is 1260. The molecule has 2 heterocycles. The molecule has 182 valence electrons. The molecule has 3 aromatic rings. The van der Waals surface area contributed by atoms with Crippen molar-refractivity contribution in [2.45, 2.75) is 32.7 Å². The summed E-state index contributed by atoms with van der Waals surface area (Å²) in [6, 6.07) is 12.8. The second-order valence-electron chi connectivity index (χ2n) is 8.51. The van der Waals surface area contributed by atoms with Gasteiger partial charge in [-0.3, -0.25) is 14.5 Å². The fraction of sp³-hybridized carbons (Fsp3) is 0.231. The van der Waals surface area contributed by atoms with E-state index in [4.69, 9.17) is 0 Å². The number of hydrogen-bond acceptors (Lipinski definition) is 5. The Morgan fingerprint density at radius 2 is 1.77 bits per heavy atom. The highest BCUT2D eigenvalue weighted by Gasteiger charge is 2.46. The Labute approximate surface area is 204 Å². The van der Waals surface area contributed by atoms with Crippen molar-refractivity contribution < 1.29 is 32.6 Å². The number of rotatable bonds is 7. The fourth-order valence-electron chi connectivity index (χ4n) is 4.10. The van der Waals surface area contributed by atoms with Gasteiger partial charge in [-0.15, -0.1) is 13.2 Å². The number of ether oxygens (including phenoxy) is 1. The lowest BCUT2D eigenvalue weighted by molar-refractivity contribution is -0.274. The van der Waals surface area contributed by atoms with Crippen LogP contribution in [0.2, 0.25) is 0 Å². The third kappa shape index (κ3) is 5.09. The number of ketones is 1. The summed E-state index contributed by atoms with van der Waals surface area (Å²) in [7, 11) is 0. The standard InChI is InChI=1S/C26H22F3NO4S/c1-15(2)13-20(31)22-23(19-5-3-4-6-21(19)34-26(27,28)29)30(25(33)24(22)32)18-9-7-16(8-10-18)17-11-12-35-14-17/h3-12,14-15,23,32H,13H2,1-2H3. The van der Waals surface area contributed by atoms with Crippen LogP contribution in [0.25, 0.3) is 11.1 Å². The van der Waals surface area contributed by atoms with E-state index in [0.717, 1.165) is 22.1 Å². The van der Waals surface area contributed by atoms with Crippen LogP contribution >= 0.6 is 11.3 Å². The number of carbonyl (C=O) groups is 2. The summed E-state index contributed by atoms with van der Waals surface area (Å²) in [4.78, 5) is 27.5. The van der Waals surface area contributed by atoms with Crippen molar-refractivity contribution >= 4 is 28.7 Å². The van der Waals surface area contributed by atoms with Crippen molar-refractivity contribution in [1.82, 2.24) is 0 Å². The molecule has 1 amide bonds. The van der Waals surface area contributed by atoms with Gasteiger partial charge in [-0.05, 0) is 52.1 Å². The topological polar surface area (TPSA) is 66.8 Å². The molecule has 0 aliphatic carbocycles. The van der Waals surface area contributed by atoms with Gasteiger partial charge >= 0.3 is 6.36 Å². The van der Waals surface area contributed by atoms with Crippen molar-refractivity contribution in [3.63, 3.8) is 0 Å². The van der Waals surface area contributed by atoms with Gasteiger partial charge in [-0.2, -0.15) is 11.3 Å². The van der Waals surface area contributed by atoms with Crippen molar-refractivity contribution in [2.24, 2.45) is 5.92 Å². The van der Waals surface area contributed by atoms with E-state index in [1.807, 2.05) is 16.8 Å². The first-order valence-corrected chi connectivity index (χ1v) is 11.8. The summed E-state index contributed by atoms with van der Waals surface area (Å²) in [5.41, 5.74) is 1.87. The molecule has 0 fully saturated rings. The molecule has 35 heavy (non-hydrogen) atoms. The quantitative estimate of drug-likeness (QED) is 0.385. The summed E-state index contributed by atoms with van der Waals surface area (Å²) in [6.07, 6.45) is -4.98. The third-order valence-corrected chi connectivity index (χ3v) is 6.22. The van der Waals surface area contributed by atoms with Crippen LogP contribution in [-0.4, -0.2) is 23.2 Å². The molecule has 0 radical (unpaired) electrons. The maximum Gasteiger partial charge on any atom is 0.573 e. The van der Waals surface area contributed by atoms with Crippen LogP contribution in [0, 0.1) is 5.92 Å². The van der Waals surface area contributed by atoms with Crippen LogP contribution in [-0.2, 0) is 9.59 Å². The van der Waals surface area contributed by atoms with E-state index in [-0.39, 0.29) is 23.5 Å². The molecule has 1 aromatic heterocycles. The van der Waals surface area contributed by atoms with Gasteiger partial charge in [-0.25, -0.2) is 0 Å². The predicted molar refractivity (Wildman–Crippen MR) is 127 cm³/mol. The third-order valence-electron chi connectivity index (χ3n) is 5.54. The molecule has 0 saturated carbocycles. The van der Waals surface area contributed by atoms with Crippen molar-refractivity contribution in [1.29, 1.82) is 0 Å². The number of benzene rings is 2. The van der Waals surface area contributed by atoms with E-state index in [1.54, 1.807) is 38.1 Å².